The molecule has 2 aliphatic rings. The van der Waals surface area contributed by atoms with Gasteiger partial charge in [-0.1, -0.05) is 196 Å². The van der Waals surface area contributed by atoms with Gasteiger partial charge in [0.05, 0.1) is 11.1 Å². The van der Waals surface area contributed by atoms with E-state index in [0.717, 1.165) is 57.5 Å². The largest absolute Gasteiger partial charge is 0.270 e. The smallest absolute Gasteiger partial charge is 0.156 e. The van der Waals surface area contributed by atoms with Crippen molar-refractivity contribution in [1.82, 2.24) is 0 Å². The van der Waals surface area contributed by atoms with Gasteiger partial charge < -0.3 is 0 Å². The van der Waals surface area contributed by atoms with Crippen LogP contribution in [0.3, 0.4) is 0 Å². The minimum atomic E-state index is -0.636. The predicted molar refractivity (Wildman–Crippen MR) is 320 cm³/mol. The Morgan fingerprint density at radius 3 is 1.96 bits per heavy atom. The fourth-order valence-electron chi connectivity index (χ4n) is 10.0. The van der Waals surface area contributed by atoms with Gasteiger partial charge in [0, 0.05) is 30.6 Å². The molecule has 7 aromatic rings. The Bertz CT molecular complexity index is 3400. The molecule has 366 valence electrons. The lowest BCUT2D eigenvalue weighted by Gasteiger charge is -2.27. The zero-order valence-corrected chi connectivity index (χ0v) is 43.8. The SMILES string of the molecule is C=C/C=C\C=C/Cc1cc(C(/C=C\C)=C/C)cc(-c2cccc(C(=N/C)/N=C(\N=Cc3cccc(-c4cc(-c5ccccc5)cc(-c5ccccc5)c4)c3)C3(C)C=NC(c4ccc5c(c4)C(C)(C)CC5)=CC3)c2)c1. The number of benzene rings is 7. The van der Waals surface area contributed by atoms with E-state index in [9.17, 15) is 0 Å². The molecule has 0 radical (unpaired) electrons. The van der Waals surface area contributed by atoms with Gasteiger partial charge in [0.1, 0.15) is 5.84 Å². The summed E-state index contributed by atoms with van der Waals surface area (Å²) in [6.07, 6.45) is 26.4. The molecule has 1 unspecified atom stereocenters. The first-order valence-electron chi connectivity index (χ1n) is 25.9. The lowest BCUT2D eigenvalue weighted by Crippen LogP contribution is -2.30. The molecule has 0 bridgehead atoms. The maximum atomic E-state index is 5.42. The number of rotatable bonds is 14. The first-order valence-corrected chi connectivity index (χ1v) is 25.9. The summed E-state index contributed by atoms with van der Waals surface area (Å²) in [5.74, 6) is 1.23. The number of nitrogens with zero attached hydrogens (tertiary/aromatic N) is 4. The molecular weight excluding hydrogens is 897 g/mol. The quantitative estimate of drug-likeness (QED) is 0.0592. The normalized spacial score (nSPS) is 16.9. The number of fused-ring (bicyclic) bond motifs is 1. The summed E-state index contributed by atoms with van der Waals surface area (Å²) >= 11 is 0. The molecule has 74 heavy (non-hydrogen) atoms. The first kappa shape index (κ1) is 50.6. The van der Waals surface area contributed by atoms with Gasteiger partial charge in [0.25, 0.3) is 0 Å². The summed E-state index contributed by atoms with van der Waals surface area (Å²) in [5.41, 5.74) is 19.1. The molecule has 0 saturated heterocycles. The Balaban J connectivity index is 1.10. The molecule has 0 aromatic heterocycles. The van der Waals surface area contributed by atoms with E-state index in [4.69, 9.17) is 20.0 Å². The summed E-state index contributed by atoms with van der Waals surface area (Å²) in [6.45, 7) is 14.8. The van der Waals surface area contributed by atoms with Gasteiger partial charge in [-0.25, -0.2) is 9.98 Å². The van der Waals surface area contributed by atoms with Crippen molar-refractivity contribution in [3.8, 4) is 44.5 Å². The van der Waals surface area contributed by atoms with Crippen molar-refractivity contribution in [1.29, 1.82) is 0 Å². The minimum Gasteiger partial charge on any atom is -0.270 e. The van der Waals surface area contributed by atoms with Crippen LogP contribution in [-0.2, 0) is 18.3 Å². The second-order valence-electron chi connectivity index (χ2n) is 20.1. The Morgan fingerprint density at radius 1 is 0.635 bits per heavy atom. The second-order valence-corrected chi connectivity index (χ2v) is 20.1. The third kappa shape index (κ3) is 11.8. The third-order valence-electron chi connectivity index (χ3n) is 14.3. The van der Waals surface area contributed by atoms with Crippen LogP contribution in [0.25, 0.3) is 55.8 Å². The summed E-state index contributed by atoms with van der Waals surface area (Å²) in [6, 6.07) is 59.0. The highest BCUT2D eigenvalue weighted by Gasteiger charge is 2.33. The van der Waals surface area contributed by atoms with E-state index < -0.39 is 5.41 Å². The van der Waals surface area contributed by atoms with Crippen LogP contribution in [0.4, 0.5) is 0 Å². The van der Waals surface area contributed by atoms with Gasteiger partial charge >= 0.3 is 0 Å². The highest BCUT2D eigenvalue weighted by molar-refractivity contribution is 6.15. The van der Waals surface area contributed by atoms with E-state index >= 15 is 0 Å². The Hall–Kier alpha value is -8.34. The lowest BCUT2D eigenvalue weighted by molar-refractivity contribution is 0.522. The Morgan fingerprint density at radius 2 is 1.30 bits per heavy atom. The molecule has 0 saturated carbocycles. The maximum absolute atomic E-state index is 5.42. The summed E-state index contributed by atoms with van der Waals surface area (Å²) in [7, 11) is 1.81. The molecule has 1 heterocycles. The number of aliphatic imine (C=N–C) groups is 4. The van der Waals surface area contributed by atoms with Gasteiger partial charge in [-0.2, -0.15) is 0 Å². The van der Waals surface area contributed by atoms with Crippen LogP contribution >= 0.6 is 0 Å². The first-order chi connectivity index (χ1) is 36.1. The van der Waals surface area contributed by atoms with Crippen molar-refractivity contribution < 1.29 is 0 Å². The second kappa shape index (κ2) is 23.0. The van der Waals surface area contributed by atoms with Gasteiger partial charge in [0.2, 0.25) is 0 Å². The van der Waals surface area contributed by atoms with Crippen LogP contribution in [-0.4, -0.2) is 31.1 Å². The summed E-state index contributed by atoms with van der Waals surface area (Å²) < 4.78 is 0. The molecule has 7 aromatic carbocycles. The monoisotopic (exact) mass is 963 g/mol. The summed E-state index contributed by atoms with van der Waals surface area (Å²) in [5, 5.41) is 0. The Labute approximate surface area is 439 Å². The van der Waals surface area contributed by atoms with Crippen LogP contribution in [0.5, 0.6) is 0 Å². The van der Waals surface area contributed by atoms with E-state index in [1.165, 1.54) is 56.5 Å². The van der Waals surface area contributed by atoms with E-state index in [1.807, 2.05) is 25.4 Å². The fraction of sp³-hybridized carbons (Fsp3) is 0.171. The van der Waals surface area contributed by atoms with Crippen molar-refractivity contribution >= 4 is 35.4 Å². The highest BCUT2D eigenvalue weighted by atomic mass is 15.0. The number of aryl methyl sites for hydroxylation is 1. The average Bonchev–Trinajstić information content (AvgIpc) is 3.75. The maximum Gasteiger partial charge on any atom is 0.156 e. The number of hydrogen-bond acceptors (Lipinski definition) is 2. The van der Waals surface area contributed by atoms with Crippen molar-refractivity contribution in [2.75, 3.05) is 7.05 Å². The van der Waals surface area contributed by atoms with Gasteiger partial charge in [-0.3, -0.25) is 9.98 Å². The van der Waals surface area contributed by atoms with Crippen LogP contribution in [0.1, 0.15) is 86.4 Å². The van der Waals surface area contributed by atoms with Crippen LogP contribution in [0, 0.1) is 5.41 Å². The van der Waals surface area contributed by atoms with Crippen molar-refractivity contribution in [2.24, 2.45) is 25.4 Å². The number of hydrogen-bond donors (Lipinski definition) is 0. The molecule has 9 rings (SSSR count). The van der Waals surface area contributed by atoms with E-state index in [1.54, 1.807) is 6.08 Å². The van der Waals surface area contributed by atoms with Crippen LogP contribution in [0.15, 0.2) is 245 Å². The number of allylic oxidation sites excluding steroid dienone is 10. The zero-order valence-electron chi connectivity index (χ0n) is 43.8. The molecule has 1 aliphatic heterocycles. The van der Waals surface area contributed by atoms with E-state index in [-0.39, 0.29) is 5.41 Å². The average molecular weight is 963 g/mol. The molecule has 4 nitrogen and oxygen atoms in total. The van der Waals surface area contributed by atoms with Crippen LogP contribution in [0.2, 0.25) is 0 Å². The van der Waals surface area contributed by atoms with E-state index in [0.29, 0.717) is 18.1 Å². The van der Waals surface area contributed by atoms with Gasteiger partial charge in [-0.05, 0) is 172 Å². The molecule has 1 aliphatic carbocycles. The van der Waals surface area contributed by atoms with Crippen molar-refractivity contribution in [2.45, 2.75) is 65.7 Å². The predicted octanol–water partition coefficient (Wildman–Crippen LogP) is 17.8. The van der Waals surface area contributed by atoms with Gasteiger partial charge in [0.15, 0.2) is 5.84 Å². The van der Waals surface area contributed by atoms with Crippen molar-refractivity contribution in [3.05, 3.63) is 264 Å². The van der Waals surface area contributed by atoms with E-state index in [2.05, 4.69) is 248 Å². The molecule has 4 heteroatoms. The number of amidine groups is 2. The topological polar surface area (TPSA) is 49.4 Å². The molecule has 0 N–H and O–H groups in total. The molecular formula is C70H66N4. The molecule has 0 spiro atoms. The standard InChI is InChI=1S/C70H66N4/c1-8-11-12-13-16-24-50-39-60(52(10-3)23-9-2)43-61(40-50)57-31-22-32-59(42-57)67(71-7)74-68(70(6)38-36-66(73-49-70)58-34-33-55-35-37-69(4,5)65(55)47-58)72-48-51-25-21-30-56(41-51)64-45-62(53-26-17-14-18-27-53)44-63(46-64)54-28-19-15-20-29-54/h8-23,25-34,36,39-49H,1,24,35,37-38H2,2-7H3/b12-11-,16-13-,23-9-,52-10+,71-67-,72-48?,74-68-. The molecule has 0 fully saturated rings. The van der Waals surface area contributed by atoms with Crippen LogP contribution < -0.4 is 0 Å². The fourth-order valence-corrected chi connectivity index (χ4v) is 10.0. The third-order valence-corrected chi connectivity index (χ3v) is 14.3. The molecule has 1 atom stereocenters. The van der Waals surface area contributed by atoms with Crippen molar-refractivity contribution in [3.63, 3.8) is 0 Å². The summed E-state index contributed by atoms with van der Waals surface area (Å²) in [4.78, 5) is 20.8. The van der Waals surface area contributed by atoms with Gasteiger partial charge in [-0.15, -0.1) is 0 Å². The lowest BCUT2D eigenvalue weighted by atomic mass is 9.83. The zero-order chi connectivity index (χ0) is 51.5. The highest BCUT2D eigenvalue weighted by Crippen LogP contribution is 2.41. The minimum absolute atomic E-state index is 0.153. The molecule has 0 amide bonds. The Kier molecular flexibility index (Phi) is 15.7.